The summed E-state index contributed by atoms with van der Waals surface area (Å²) in [5, 5.41) is 2.80. The lowest BCUT2D eigenvalue weighted by Crippen LogP contribution is -2.45. The number of aliphatic imine (C=N–C) groups is 1. The first-order valence-corrected chi connectivity index (χ1v) is 9.14. The van der Waals surface area contributed by atoms with E-state index >= 15 is 0 Å². The molecule has 1 aromatic carbocycles. The highest BCUT2D eigenvalue weighted by Crippen LogP contribution is 2.13. The zero-order chi connectivity index (χ0) is 21.3. The molecule has 0 aliphatic carbocycles. The fourth-order valence-corrected chi connectivity index (χ4v) is 2.49. The fourth-order valence-electron chi connectivity index (χ4n) is 2.49. The van der Waals surface area contributed by atoms with E-state index in [9.17, 15) is 9.59 Å². The second-order valence-electron chi connectivity index (χ2n) is 6.97. The van der Waals surface area contributed by atoms with Crippen LogP contribution in [0.2, 0.25) is 0 Å². The van der Waals surface area contributed by atoms with Crippen molar-refractivity contribution in [3.8, 4) is 5.88 Å². The van der Waals surface area contributed by atoms with Crippen molar-refractivity contribution in [2.24, 2.45) is 10.7 Å². The van der Waals surface area contributed by atoms with Crippen LogP contribution in [0, 0.1) is 0 Å². The van der Waals surface area contributed by atoms with E-state index in [0.29, 0.717) is 24.7 Å². The van der Waals surface area contributed by atoms with Crippen LogP contribution in [0.25, 0.3) is 0 Å². The number of aromatic nitrogens is 1. The normalized spacial score (nSPS) is 11.8. The molecule has 0 fully saturated rings. The third-order valence-electron chi connectivity index (χ3n) is 3.85. The predicted octanol–water partition coefficient (Wildman–Crippen LogP) is 1.94. The number of nitrogens with two attached hydrogens (primary N) is 1. The average molecular weight is 398 g/mol. The number of hydrogen-bond acceptors (Lipinski definition) is 5. The van der Waals surface area contributed by atoms with Gasteiger partial charge in [0.15, 0.2) is 0 Å². The fraction of sp³-hybridized carbons (Fsp3) is 0.333. The maximum absolute atomic E-state index is 12.5. The molecule has 2 aromatic rings. The highest BCUT2D eigenvalue weighted by molar-refractivity contribution is 6.04. The van der Waals surface area contributed by atoms with Crippen LogP contribution in [0.1, 0.15) is 36.3 Å². The quantitative estimate of drug-likeness (QED) is 0.379. The van der Waals surface area contributed by atoms with Gasteiger partial charge in [0.1, 0.15) is 18.1 Å². The zero-order valence-corrected chi connectivity index (χ0v) is 16.8. The molecule has 0 atom stereocenters. The number of amidine groups is 1. The van der Waals surface area contributed by atoms with E-state index < -0.39 is 17.4 Å². The van der Waals surface area contributed by atoms with Crippen LogP contribution in [-0.2, 0) is 9.53 Å². The van der Waals surface area contributed by atoms with E-state index in [2.05, 4.69) is 15.3 Å². The summed E-state index contributed by atoms with van der Waals surface area (Å²) < 4.78 is 10.3. The number of pyridine rings is 1. The Morgan fingerprint density at radius 3 is 2.52 bits per heavy atom. The van der Waals surface area contributed by atoms with Crippen LogP contribution in [0.4, 0.5) is 0 Å². The van der Waals surface area contributed by atoms with Gasteiger partial charge in [-0.05, 0) is 19.9 Å². The molecular weight excluding hydrogens is 372 g/mol. The average Bonchev–Trinajstić information content (AvgIpc) is 2.68. The minimum Gasteiger partial charge on any atom is -0.475 e. The molecule has 0 bridgehead atoms. The summed E-state index contributed by atoms with van der Waals surface area (Å²) in [6.45, 7) is 4.21. The van der Waals surface area contributed by atoms with Crippen LogP contribution in [-0.4, -0.2) is 48.5 Å². The Balaban J connectivity index is 1.98. The largest absolute Gasteiger partial charge is 0.475 e. The van der Waals surface area contributed by atoms with Gasteiger partial charge in [-0.25, -0.2) is 4.98 Å². The maximum Gasteiger partial charge on any atom is 0.270 e. The number of ether oxygens (including phenoxy) is 2. The molecule has 0 radical (unpaired) electrons. The summed E-state index contributed by atoms with van der Waals surface area (Å²) in [5.41, 5.74) is 5.89. The highest BCUT2D eigenvalue weighted by Gasteiger charge is 2.25. The Bertz CT molecular complexity index is 866. The summed E-state index contributed by atoms with van der Waals surface area (Å²) in [7, 11) is 1.57. The number of methoxy groups -OCH3 is 1. The van der Waals surface area contributed by atoms with Gasteiger partial charge in [0.05, 0.1) is 13.0 Å². The molecule has 0 spiro atoms. The summed E-state index contributed by atoms with van der Waals surface area (Å²) in [5.74, 6) is -0.384. The van der Waals surface area contributed by atoms with Gasteiger partial charge < -0.3 is 20.5 Å². The van der Waals surface area contributed by atoms with E-state index in [-0.39, 0.29) is 18.0 Å². The van der Waals surface area contributed by atoms with Crippen molar-refractivity contribution in [1.29, 1.82) is 0 Å². The Kier molecular flexibility index (Phi) is 7.85. The summed E-state index contributed by atoms with van der Waals surface area (Å²) in [6, 6.07) is 13.9. The summed E-state index contributed by atoms with van der Waals surface area (Å²) in [4.78, 5) is 32.9. The molecule has 3 N–H and O–H groups in total. The maximum atomic E-state index is 12.5. The van der Waals surface area contributed by atoms with Gasteiger partial charge in [-0.3, -0.25) is 9.59 Å². The number of hydrogen-bond donors (Lipinski definition) is 2. The molecule has 0 saturated carbocycles. The highest BCUT2D eigenvalue weighted by atomic mass is 16.5. The first-order valence-electron chi connectivity index (χ1n) is 9.14. The number of carbonyl (C=O) groups is 2. The molecule has 0 aliphatic heterocycles. The lowest BCUT2D eigenvalue weighted by Gasteiger charge is -2.24. The molecule has 0 saturated heterocycles. The zero-order valence-electron chi connectivity index (χ0n) is 16.8. The molecule has 0 aliphatic rings. The lowest BCUT2D eigenvalue weighted by atomic mass is 10.00. The third-order valence-corrected chi connectivity index (χ3v) is 3.85. The van der Waals surface area contributed by atoms with Crippen molar-refractivity contribution in [3.63, 3.8) is 0 Å². The van der Waals surface area contributed by atoms with E-state index in [4.69, 9.17) is 15.2 Å². The minimum absolute atomic E-state index is 0.0176. The van der Waals surface area contributed by atoms with Crippen LogP contribution in [0.15, 0.2) is 53.5 Å². The first kappa shape index (κ1) is 22.0. The van der Waals surface area contributed by atoms with E-state index in [1.807, 2.05) is 18.2 Å². The first-order chi connectivity index (χ1) is 13.8. The smallest absolute Gasteiger partial charge is 0.270 e. The number of nitrogens with one attached hydrogen (secondary N) is 1. The van der Waals surface area contributed by atoms with E-state index in [0.717, 1.165) is 0 Å². The number of amides is 2. The molecule has 0 unspecified atom stereocenters. The SMILES string of the molecule is COCCOc1cccc(C(=O)NC(C)(C)CC(=O)N=C(N)c2ccccc2)n1. The van der Waals surface area contributed by atoms with Crippen molar-refractivity contribution in [2.45, 2.75) is 25.8 Å². The number of rotatable bonds is 9. The van der Waals surface area contributed by atoms with Crippen molar-refractivity contribution in [3.05, 3.63) is 59.8 Å². The second-order valence-corrected chi connectivity index (χ2v) is 6.97. The number of benzene rings is 1. The van der Waals surface area contributed by atoms with E-state index in [1.54, 1.807) is 51.3 Å². The van der Waals surface area contributed by atoms with Crippen molar-refractivity contribution < 1.29 is 19.1 Å². The molecule has 2 rings (SSSR count). The van der Waals surface area contributed by atoms with Crippen molar-refractivity contribution in [1.82, 2.24) is 10.3 Å². The van der Waals surface area contributed by atoms with Gasteiger partial charge in [0.25, 0.3) is 5.91 Å². The van der Waals surface area contributed by atoms with Gasteiger partial charge in [0, 0.05) is 24.3 Å². The molecule has 2 amide bonds. The molecule has 1 aromatic heterocycles. The third kappa shape index (κ3) is 7.34. The molecule has 154 valence electrons. The topological polar surface area (TPSA) is 116 Å². The Morgan fingerprint density at radius 1 is 1.10 bits per heavy atom. The molecule has 1 heterocycles. The van der Waals surface area contributed by atoms with Crippen LogP contribution in [0.3, 0.4) is 0 Å². The summed E-state index contributed by atoms with van der Waals surface area (Å²) >= 11 is 0. The van der Waals surface area contributed by atoms with E-state index in [1.165, 1.54) is 0 Å². The van der Waals surface area contributed by atoms with Gasteiger partial charge >= 0.3 is 0 Å². The lowest BCUT2D eigenvalue weighted by molar-refractivity contribution is -0.118. The van der Waals surface area contributed by atoms with Crippen molar-refractivity contribution >= 4 is 17.6 Å². The second kappa shape index (κ2) is 10.3. The Morgan fingerprint density at radius 2 is 1.83 bits per heavy atom. The predicted molar refractivity (Wildman–Crippen MR) is 110 cm³/mol. The van der Waals surface area contributed by atoms with Gasteiger partial charge in [-0.1, -0.05) is 36.4 Å². The molecular formula is C21H26N4O4. The van der Waals surface area contributed by atoms with Gasteiger partial charge in [0.2, 0.25) is 11.8 Å². The standard InChI is InChI=1S/C21H26N4O4/c1-21(2,14-17(26)24-19(22)15-8-5-4-6-9-15)25-20(27)16-10-7-11-18(23-16)29-13-12-28-3/h4-11H,12-14H2,1-3H3,(H,25,27)(H2,22,24,26). The van der Waals surface area contributed by atoms with Gasteiger partial charge in [-0.2, -0.15) is 4.99 Å². The van der Waals surface area contributed by atoms with Gasteiger partial charge in [-0.15, -0.1) is 0 Å². The van der Waals surface area contributed by atoms with Crippen LogP contribution in [0.5, 0.6) is 5.88 Å². The van der Waals surface area contributed by atoms with Crippen LogP contribution < -0.4 is 15.8 Å². The molecule has 29 heavy (non-hydrogen) atoms. The number of carbonyl (C=O) groups excluding carboxylic acids is 2. The van der Waals surface area contributed by atoms with Crippen LogP contribution >= 0.6 is 0 Å². The monoisotopic (exact) mass is 398 g/mol. The minimum atomic E-state index is -0.844. The van der Waals surface area contributed by atoms with Crippen molar-refractivity contribution in [2.75, 3.05) is 20.3 Å². The number of nitrogens with zero attached hydrogens (tertiary/aromatic N) is 2. The Labute approximate surface area is 170 Å². The molecule has 8 nitrogen and oxygen atoms in total. The Hall–Kier alpha value is -3.26. The molecule has 8 heteroatoms. The summed E-state index contributed by atoms with van der Waals surface area (Å²) in [6.07, 6.45) is -0.0176.